The molecule has 3 nitrogen and oxygen atoms in total. The minimum Gasteiger partial charge on any atom is -0.300 e. The Balaban J connectivity index is 2.04. The van der Waals surface area contributed by atoms with E-state index in [1.165, 1.54) is 18.6 Å². The van der Waals surface area contributed by atoms with Crippen LogP contribution in [0.5, 0.6) is 0 Å². The lowest BCUT2D eigenvalue weighted by Crippen LogP contribution is -2.01. The van der Waals surface area contributed by atoms with Gasteiger partial charge in [-0.2, -0.15) is 16.9 Å². The third-order valence-corrected chi connectivity index (χ3v) is 4.03. The molecule has 0 bridgehead atoms. The Labute approximate surface area is 123 Å². The van der Waals surface area contributed by atoms with Gasteiger partial charge in [-0.05, 0) is 37.1 Å². The molecule has 0 saturated heterocycles. The van der Waals surface area contributed by atoms with Crippen molar-refractivity contribution in [2.75, 3.05) is 12.0 Å². The summed E-state index contributed by atoms with van der Waals surface area (Å²) in [5.41, 5.74) is 1.11. The molecule has 0 spiro atoms. The number of aromatic nitrogens is 3. The molecule has 0 radical (unpaired) electrons. The zero-order valence-electron chi connectivity index (χ0n) is 11.1. The maximum Gasteiger partial charge on any atom is 0.195 e. The molecule has 1 aromatic carbocycles. The van der Waals surface area contributed by atoms with E-state index in [0.717, 1.165) is 24.4 Å². The Kier molecular flexibility index (Phi) is 5.66. The Morgan fingerprint density at radius 3 is 2.74 bits per heavy atom. The van der Waals surface area contributed by atoms with E-state index in [0.29, 0.717) is 4.77 Å². The molecule has 0 fully saturated rings. The van der Waals surface area contributed by atoms with E-state index < -0.39 is 0 Å². The first-order valence-corrected chi connectivity index (χ1v) is 8.32. The van der Waals surface area contributed by atoms with Gasteiger partial charge >= 0.3 is 0 Å². The predicted molar refractivity (Wildman–Crippen MR) is 85.1 cm³/mol. The number of hydrogen-bond donors (Lipinski definition) is 1. The van der Waals surface area contributed by atoms with Gasteiger partial charge in [0.2, 0.25) is 0 Å². The topological polar surface area (TPSA) is 33.6 Å². The van der Waals surface area contributed by atoms with E-state index in [9.17, 15) is 0 Å². The molecule has 0 amide bonds. The van der Waals surface area contributed by atoms with Crippen LogP contribution in [0, 0.1) is 4.77 Å². The molecule has 0 unspecified atom stereocenters. The van der Waals surface area contributed by atoms with Crippen molar-refractivity contribution in [3.05, 3.63) is 35.1 Å². The molecule has 1 aromatic heterocycles. The standard InChI is InChI=1S/C14H19N3S2/c1-19-11-7-3-6-10-17-13(15-16-14(17)18)12-8-4-2-5-9-12/h2,4-5,8-9H,3,6-7,10-11H2,1H3,(H,16,18). The molecule has 19 heavy (non-hydrogen) atoms. The van der Waals surface area contributed by atoms with Crippen molar-refractivity contribution >= 4 is 24.0 Å². The van der Waals surface area contributed by atoms with Crippen molar-refractivity contribution in [2.45, 2.75) is 25.8 Å². The van der Waals surface area contributed by atoms with Crippen molar-refractivity contribution in [2.24, 2.45) is 0 Å². The van der Waals surface area contributed by atoms with Gasteiger partial charge in [0.05, 0.1) is 0 Å². The minimum atomic E-state index is 0.712. The molecule has 0 saturated carbocycles. The van der Waals surface area contributed by atoms with E-state index in [1.807, 2.05) is 30.0 Å². The van der Waals surface area contributed by atoms with Crippen molar-refractivity contribution < 1.29 is 0 Å². The number of rotatable bonds is 7. The molecule has 5 heteroatoms. The largest absolute Gasteiger partial charge is 0.300 e. The van der Waals surface area contributed by atoms with Gasteiger partial charge in [-0.25, -0.2) is 0 Å². The predicted octanol–water partition coefficient (Wildman–Crippen LogP) is 4.14. The zero-order valence-corrected chi connectivity index (χ0v) is 12.8. The Hall–Kier alpha value is -1.07. The maximum absolute atomic E-state index is 5.31. The molecule has 2 aromatic rings. The SMILES string of the molecule is CSCCCCCn1c(-c2ccccc2)n[nH]c1=S. The van der Waals surface area contributed by atoms with E-state index in [-0.39, 0.29) is 0 Å². The van der Waals surface area contributed by atoms with Crippen LogP contribution in [0.3, 0.4) is 0 Å². The van der Waals surface area contributed by atoms with Gasteiger partial charge in [0.15, 0.2) is 10.6 Å². The second-order valence-corrected chi connectivity index (χ2v) is 5.80. The van der Waals surface area contributed by atoms with Crippen molar-refractivity contribution in [3.8, 4) is 11.4 Å². The number of H-pyrrole nitrogens is 1. The average Bonchev–Trinajstić information content (AvgIpc) is 2.81. The number of nitrogens with one attached hydrogen (secondary N) is 1. The minimum absolute atomic E-state index is 0.712. The molecule has 1 heterocycles. The maximum atomic E-state index is 5.31. The van der Waals surface area contributed by atoms with E-state index >= 15 is 0 Å². The third kappa shape index (κ3) is 3.94. The fourth-order valence-electron chi connectivity index (χ4n) is 2.03. The van der Waals surface area contributed by atoms with Gasteiger partial charge in [0.25, 0.3) is 0 Å². The molecule has 0 atom stereocenters. The fraction of sp³-hybridized carbons (Fsp3) is 0.429. The number of unbranched alkanes of at least 4 members (excludes halogenated alkanes) is 2. The molecule has 0 aliphatic rings. The normalized spacial score (nSPS) is 10.8. The highest BCUT2D eigenvalue weighted by molar-refractivity contribution is 7.98. The summed E-state index contributed by atoms with van der Waals surface area (Å²) in [7, 11) is 0. The lowest BCUT2D eigenvalue weighted by atomic mass is 10.2. The van der Waals surface area contributed by atoms with Crippen LogP contribution in [0.15, 0.2) is 30.3 Å². The van der Waals surface area contributed by atoms with Crippen LogP contribution in [0.4, 0.5) is 0 Å². The van der Waals surface area contributed by atoms with Crippen LogP contribution in [0.1, 0.15) is 19.3 Å². The lowest BCUT2D eigenvalue weighted by Gasteiger charge is -2.06. The number of nitrogens with zero attached hydrogens (tertiary/aromatic N) is 2. The highest BCUT2D eigenvalue weighted by atomic mass is 32.2. The highest BCUT2D eigenvalue weighted by Gasteiger charge is 2.07. The van der Waals surface area contributed by atoms with Crippen LogP contribution in [0.25, 0.3) is 11.4 Å². The van der Waals surface area contributed by atoms with Crippen molar-refractivity contribution in [3.63, 3.8) is 0 Å². The van der Waals surface area contributed by atoms with Crippen LogP contribution in [-0.2, 0) is 6.54 Å². The molecule has 102 valence electrons. The zero-order chi connectivity index (χ0) is 13.5. The van der Waals surface area contributed by atoms with Crippen LogP contribution >= 0.6 is 24.0 Å². The summed E-state index contributed by atoms with van der Waals surface area (Å²) in [6.07, 6.45) is 5.81. The smallest absolute Gasteiger partial charge is 0.195 e. The highest BCUT2D eigenvalue weighted by Crippen LogP contribution is 2.17. The van der Waals surface area contributed by atoms with Crippen LogP contribution in [-0.4, -0.2) is 26.8 Å². The van der Waals surface area contributed by atoms with Crippen molar-refractivity contribution in [1.82, 2.24) is 14.8 Å². The number of thioether (sulfide) groups is 1. The summed E-state index contributed by atoms with van der Waals surface area (Å²) in [4.78, 5) is 0. The van der Waals surface area contributed by atoms with E-state index in [2.05, 4.69) is 33.2 Å². The summed E-state index contributed by atoms with van der Waals surface area (Å²) in [5, 5.41) is 7.24. The van der Waals surface area contributed by atoms with Gasteiger partial charge in [-0.3, -0.25) is 5.10 Å². The van der Waals surface area contributed by atoms with Crippen molar-refractivity contribution in [1.29, 1.82) is 0 Å². The number of benzene rings is 1. The fourth-order valence-corrected chi connectivity index (χ4v) is 2.74. The first kappa shape index (κ1) is 14.3. The second-order valence-electron chi connectivity index (χ2n) is 4.42. The van der Waals surface area contributed by atoms with Gasteiger partial charge in [-0.15, -0.1) is 0 Å². The number of hydrogen-bond acceptors (Lipinski definition) is 3. The quantitative estimate of drug-likeness (QED) is 0.615. The van der Waals surface area contributed by atoms with E-state index in [4.69, 9.17) is 12.2 Å². The monoisotopic (exact) mass is 293 g/mol. The summed E-state index contributed by atoms with van der Waals surface area (Å²) in [5.74, 6) is 2.18. The number of aromatic amines is 1. The molecular weight excluding hydrogens is 274 g/mol. The van der Waals surface area contributed by atoms with Gasteiger partial charge < -0.3 is 4.57 Å². The third-order valence-electron chi connectivity index (χ3n) is 3.02. The molecule has 0 aliphatic heterocycles. The first-order chi connectivity index (χ1) is 9.33. The van der Waals surface area contributed by atoms with Crippen LogP contribution in [0.2, 0.25) is 0 Å². The molecule has 2 rings (SSSR count). The van der Waals surface area contributed by atoms with Gasteiger partial charge in [0, 0.05) is 12.1 Å². The second kappa shape index (κ2) is 7.50. The summed E-state index contributed by atoms with van der Waals surface area (Å²) in [6, 6.07) is 10.2. The molecule has 1 N–H and O–H groups in total. The van der Waals surface area contributed by atoms with Gasteiger partial charge in [-0.1, -0.05) is 36.8 Å². The Morgan fingerprint density at radius 1 is 1.21 bits per heavy atom. The summed E-state index contributed by atoms with van der Waals surface area (Å²) < 4.78 is 2.81. The average molecular weight is 293 g/mol. The first-order valence-electron chi connectivity index (χ1n) is 6.52. The molecular formula is C14H19N3S2. The summed E-state index contributed by atoms with van der Waals surface area (Å²) >= 11 is 7.22. The van der Waals surface area contributed by atoms with Gasteiger partial charge in [0.1, 0.15) is 0 Å². The van der Waals surface area contributed by atoms with E-state index in [1.54, 1.807) is 0 Å². The molecule has 0 aliphatic carbocycles. The Bertz CT molecular complexity index is 545. The lowest BCUT2D eigenvalue weighted by molar-refractivity contribution is 0.602. The Morgan fingerprint density at radius 2 is 2.00 bits per heavy atom. The summed E-state index contributed by atoms with van der Waals surface area (Å²) in [6.45, 7) is 0.938. The van der Waals surface area contributed by atoms with Crippen LogP contribution < -0.4 is 0 Å².